The molecule has 0 saturated carbocycles. The van der Waals surface area contributed by atoms with Gasteiger partial charge in [0, 0.05) is 31.4 Å². The molecule has 304 valence electrons. The maximum Gasteiger partial charge on any atom is 0.332 e. The van der Waals surface area contributed by atoms with Crippen LogP contribution in [0.3, 0.4) is 0 Å². The third kappa shape index (κ3) is 10.9. The molecule has 55 heavy (non-hydrogen) atoms. The highest BCUT2D eigenvalue weighted by Crippen LogP contribution is 2.47. The number of nitrogens with zero attached hydrogens (tertiary/aromatic N) is 1. The molecule has 7 atom stereocenters. The zero-order valence-electron chi connectivity index (χ0n) is 30.9. The van der Waals surface area contributed by atoms with Crippen LogP contribution in [0.1, 0.15) is 64.4 Å². The summed E-state index contributed by atoms with van der Waals surface area (Å²) in [5.41, 5.74) is 27.9. The number of Topliss-reactive ketones (excluding diaryl/α,β-unsaturated/α-hetero) is 2. The number of aliphatic carboxylic acids is 1. The number of hydrogen-bond acceptors (Lipinski definition) is 14. The van der Waals surface area contributed by atoms with Crippen LogP contribution < -0.4 is 45.0 Å². The average Bonchev–Trinajstić information content (AvgIpc) is 3.66. The molecule has 1 aromatic carbocycles. The van der Waals surface area contributed by atoms with Crippen molar-refractivity contribution in [2.75, 3.05) is 12.3 Å². The van der Waals surface area contributed by atoms with E-state index in [9.17, 15) is 33.9 Å². The van der Waals surface area contributed by atoms with Crippen molar-refractivity contribution < 1.29 is 48.3 Å². The standard InChI is InChI=1S/C35H53N9O10S/c1-18(2)13-24(43-30(50)23-9-6-12-42-23)32(52)44(31(51)22(38)17-55)35(33(53)54,15-19-7-4-3-5-8-19)34(16-27(41)47,29(49)21(37)14-26(40)46)28(48)20(36)10-11-25(39)45/h3-5,7-8,18,20-24,42,55H,6,9-17,36-38H2,1-2H3,(H2,39,45)(H2,40,46)(H2,41,47)(H,43,50)(H,53,54). The molecule has 0 radical (unpaired) electrons. The second-order valence-electron chi connectivity index (χ2n) is 14.1. The fourth-order valence-electron chi connectivity index (χ4n) is 6.91. The Morgan fingerprint density at radius 3 is 1.96 bits per heavy atom. The molecule has 0 bridgehead atoms. The van der Waals surface area contributed by atoms with Crippen LogP contribution in [-0.4, -0.2) is 111 Å². The number of carbonyl (C=O) groups is 9. The van der Waals surface area contributed by atoms with E-state index in [1.54, 1.807) is 13.8 Å². The van der Waals surface area contributed by atoms with E-state index in [0.717, 1.165) is 0 Å². The van der Waals surface area contributed by atoms with E-state index in [0.29, 0.717) is 19.4 Å². The van der Waals surface area contributed by atoms with Gasteiger partial charge in [-0.3, -0.25) is 43.3 Å². The van der Waals surface area contributed by atoms with Crippen molar-refractivity contribution in [1.82, 2.24) is 15.5 Å². The lowest BCUT2D eigenvalue weighted by Gasteiger charge is -2.52. The number of nitrogens with two attached hydrogens (primary N) is 6. The third-order valence-corrected chi connectivity index (χ3v) is 9.87. The molecule has 1 fully saturated rings. The molecule has 0 aliphatic carbocycles. The van der Waals surface area contributed by atoms with Gasteiger partial charge in [0.2, 0.25) is 29.5 Å². The summed E-state index contributed by atoms with van der Waals surface area (Å²) < 4.78 is 0. The number of primary amides is 3. The Morgan fingerprint density at radius 2 is 1.49 bits per heavy atom. The molecule has 1 aromatic rings. The van der Waals surface area contributed by atoms with Crippen molar-refractivity contribution >= 4 is 65.6 Å². The summed E-state index contributed by atoms with van der Waals surface area (Å²) >= 11 is 4.09. The van der Waals surface area contributed by atoms with E-state index in [1.807, 2.05) is 0 Å². The SMILES string of the molecule is CC(C)CC(NC(=O)C1CCCN1)C(=O)N(C(=O)C(N)CS)C(Cc1ccccc1)(C(=O)O)C(CC(N)=O)(C(=O)C(N)CCC(N)=O)C(=O)C(N)CC(N)=O. The van der Waals surface area contributed by atoms with Gasteiger partial charge in [0.15, 0.2) is 17.1 Å². The van der Waals surface area contributed by atoms with Crippen LogP contribution in [-0.2, 0) is 49.6 Å². The Labute approximate surface area is 323 Å². The predicted molar refractivity (Wildman–Crippen MR) is 201 cm³/mol. The number of amides is 6. The summed E-state index contributed by atoms with van der Waals surface area (Å²) in [5, 5.41) is 17.2. The zero-order valence-corrected chi connectivity index (χ0v) is 31.8. The van der Waals surface area contributed by atoms with Crippen molar-refractivity contribution in [2.24, 2.45) is 45.7 Å². The molecular weight excluding hydrogens is 739 g/mol. The van der Waals surface area contributed by atoms with Crippen LogP contribution in [0.2, 0.25) is 0 Å². The largest absolute Gasteiger partial charge is 0.479 e. The lowest BCUT2D eigenvalue weighted by molar-refractivity contribution is -0.185. The van der Waals surface area contributed by atoms with Gasteiger partial charge in [0.05, 0.1) is 24.2 Å². The first-order chi connectivity index (χ1) is 25.7. The quantitative estimate of drug-likeness (QED) is 0.0384. The number of benzene rings is 1. The van der Waals surface area contributed by atoms with Crippen LogP contribution in [0.25, 0.3) is 0 Å². The molecule has 15 N–H and O–H groups in total. The summed E-state index contributed by atoms with van der Waals surface area (Å²) in [5.74, 6) is -13.6. The molecule has 0 spiro atoms. The first kappa shape index (κ1) is 46.4. The van der Waals surface area contributed by atoms with Crippen molar-refractivity contribution in [3.8, 4) is 0 Å². The number of nitrogens with one attached hydrogen (secondary N) is 2. The van der Waals surface area contributed by atoms with Gasteiger partial charge in [0.1, 0.15) is 11.5 Å². The second kappa shape index (κ2) is 20.2. The van der Waals surface area contributed by atoms with Crippen LogP contribution in [0.4, 0.5) is 0 Å². The van der Waals surface area contributed by atoms with Gasteiger partial charge >= 0.3 is 5.97 Å². The number of imide groups is 1. The van der Waals surface area contributed by atoms with Crippen LogP contribution in [0.15, 0.2) is 30.3 Å². The normalized spacial score (nSPS) is 18.4. The number of ketones is 2. The fourth-order valence-corrected chi connectivity index (χ4v) is 7.06. The Hall–Kier alpha value is -4.76. The summed E-state index contributed by atoms with van der Waals surface area (Å²) in [6.45, 7) is 3.83. The minimum atomic E-state index is -3.53. The van der Waals surface area contributed by atoms with Crippen molar-refractivity contribution in [2.45, 2.75) is 101 Å². The van der Waals surface area contributed by atoms with Crippen LogP contribution >= 0.6 is 12.6 Å². The molecule has 1 aliphatic rings. The Kier molecular flexibility index (Phi) is 17.1. The maximum absolute atomic E-state index is 15.2. The number of carbonyl (C=O) groups excluding carboxylic acids is 8. The van der Waals surface area contributed by atoms with E-state index < -0.39 is 138 Å². The van der Waals surface area contributed by atoms with Crippen molar-refractivity contribution in [3.05, 3.63) is 35.9 Å². The number of rotatable bonds is 23. The highest BCUT2D eigenvalue weighted by Gasteiger charge is 2.72. The molecule has 1 heterocycles. The molecule has 6 amide bonds. The smallest absolute Gasteiger partial charge is 0.332 e. The molecular formula is C35H53N9O10S. The molecule has 7 unspecified atom stereocenters. The van der Waals surface area contributed by atoms with Gasteiger partial charge in [-0.25, -0.2) is 4.79 Å². The van der Waals surface area contributed by atoms with E-state index in [1.165, 1.54) is 30.3 Å². The van der Waals surface area contributed by atoms with Crippen molar-refractivity contribution in [1.29, 1.82) is 0 Å². The maximum atomic E-state index is 15.2. The molecule has 20 heteroatoms. The summed E-state index contributed by atoms with van der Waals surface area (Å²) in [4.78, 5) is 125. The minimum absolute atomic E-state index is 0.00169. The first-order valence-electron chi connectivity index (χ1n) is 17.7. The fraction of sp³-hybridized carbons (Fsp3) is 0.571. The van der Waals surface area contributed by atoms with Gasteiger partial charge in [-0.2, -0.15) is 12.6 Å². The van der Waals surface area contributed by atoms with Crippen LogP contribution in [0, 0.1) is 11.3 Å². The summed E-state index contributed by atoms with van der Waals surface area (Å²) in [6, 6.07) is -1.26. The van der Waals surface area contributed by atoms with Gasteiger partial charge in [-0.1, -0.05) is 44.2 Å². The number of hydrogen-bond donors (Lipinski definition) is 10. The Morgan fingerprint density at radius 1 is 0.891 bits per heavy atom. The molecule has 0 aromatic heterocycles. The van der Waals surface area contributed by atoms with E-state index in [2.05, 4.69) is 23.3 Å². The third-order valence-electron chi connectivity index (χ3n) is 9.47. The van der Waals surface area contributed by atoms with Crippen LogP contribution in [0.5, 0.6) is 0 Å². The number of carboxylic acids is 1. The van der Waals surface area contributed by atoms with Crippen molar-refractivity contribution in [3.63, 3.8) is 0 Å². The summed E-state index contributed by atoms with van der Waals surface area (Å²) in [6.07, 6.45) is -4.02. The Balaban J connectivity index is 3.32. The molecule has 1 aliphatic heterocycles. The average molecular weight is 792 g/mol. The number of carboxylic acid groups (broad SMARTS) is 1. The highest BCUT2D eigenvalue weighted by atomic mass is 32.1. The van der Waals surface area contributed by atoms with Gasteiger partial charge in [-0.15, -0.1) is 0 Å². The first-order valence-corrected chi connectivity index (χ1v) is 18.3. The topological polar surface area (TPSA) is 357 Å². The lowest BCUT2D eigenvalue weighted by atomic mass is 9.56. The van der Waals surface area contributed by atoms with Gasteiger partial charge < -0.3 is 50.1 Å². The molecule has 2 rings (SSSR count). The van der Waals surface area contributed by atoms with Gasteiger partial charge in [-0.05, 0) is 43.7 Å². The predicted octanol–water partition coefficient (Wildman–Crippen LogP) is -3.26. The van der Waals surface area contributed by atoms with Gasteiger partial charge in [0.25, 0.3) is 5.91 Å². The highest BCUT2D eigenvalue weighted by molar-refractivity contribution is 7.80. The lowest BCUT2D eigenvalue weighted by Crippen LogP contribution is -2.79. The molecule has 19 nitrogen and oxygen atoms in total. The zero-order chi connectivity index (χ0) is 41.8. The van der Waals surface area contributed by atoms with E-state index >= 15 is 14.4 Å². The van der Waals surface area contributed by atoms with E-state index in [-0.39, 0.29) is 16.9 Å². The second-order valence-corrected chi connectivity index (χ2v) is 14.5. The molecule has 1 saturated heterocycles. The summed E-state index contributed by atoms with van der Waals surface area (Å²) in [7, 11) is 0. The Bertz CT molecular complexity index is 1620. The number of thiol groups is 1. The minimum Gasteiger partial charge on any atom is -0.479 e. The monoisotopic (exact) mass is 791 g/mol. The van der Waals surface area contributed by atoms with E-state index in [4.69, 9.17) is 34.4 Å².